The summed E-state index contributed by atoms with van der Waals surface area (Å²) in [6.07, 6.45) is 0.204. The molecular weight excluding hydrogens is 327 g/mol. The van der Waals surface area contributed by atoms with E-state index in [1.165, 1.54) is 19.2 Å². The normalized spacial score (nSPS) is 26.2. The lowest BCUT2D eigenvalue weighted by Crippen LogP contribution is -2.36. The number of benzene rings is 1. The molecule has 3 atom stereocenters. The molecule has 1 aromatic carbocycles. The molecule has 2 aliphatic rings. The summed E-state index contributed by atoms with van der Waals surface area (Å²) in [5.41, 5.74) is 0.798. The first-order chi connectivity index (χ1) is 11.9. The fraction of sp³-hybridized carbons (Fsp3) is 0.500. The van der Waals surface area contributed by atoms with Gasteiger partial charge in [-0.15, -0.1) is 0 Å². The minimum atomic E-state index is -0.491. The lowest BCUT2D eigenvalue weighted by molar-refractivity contribution is -0.145. The summed E-state index contributed by atoms with van der Waals surface area (Å²) < 4.78 is 18.1. The second-order valence-electron chi connectivity index (χ2n) is 6.71. The number of likely N-dealkylation sites (tertiary alicyclic amines) is 2. The van der Waals surface area contributed by atoms with Crippen LogP contribution in [0.25, 0.3) is 0 Å². The van der Waals surface area contributed by atoms with E-state index in [1.54, 1.807) is 29.0 Å². The van der Waals surface area contributed by atoms with Crippen LogP contribution in [0.15, 0.2) is 24.3 Å². The number of halogens is 1. The second kappa shape index (κ2) is 6.82. The molecule has 25 heavy (non-hydrogen) atoms. The van der Waals surface area contributed by atoms with Crippen molar-refractivity contribution in [2.24, 2.45) is 11.8 Å². The Balaban J connectivity index is 1.79. The molecule has 2 aliphatic heterocycles. The Labute approximate surface area is 145 Å². The molecule has 7 heteroatoms. The van der Waals surface area contributed by atoms with Gasteiger partial charge in [-0.05, 0) is 17.7 Å². The van der Waals surface area contributed by atoms with E-state index >= 15 is 0 Å². The summed E-state index contributed by atoms with van der Waals surface area (Å²) in [6.45, 7) is 1.01. The molecule has 0 radical (unpaired) electrons. The van der Waals surface area contributed by atoms with E-state index in [9.17, 15) is 18.8 Å². The fourth-order valence-corrected chi connectivity index (χ4v) is 3.71. The molecule has 0 spiro atoms. The standard InChI is InChI=1S/C18H21FN2O4/c1-20-8-12(7-16(20)22)17(23)21-9-14(15(10-21)18(24)25-2)11-3-5-13(19)6-4-11/h3-6,12,14-15H,7-10H2,1-2H3/t12-,14-,15+/m1/s1. The van der Waals surface area contributed by atoms with Crippen molar-refractivity contribution in [2.75, 3.05) is 33.8 Å². The van der Waals surface area contributed by atoms with E-state index in [0.717, 1.165) is 5.56 Å². The van der Waals surface area contributed by atoms with Crippen LogP contribution in [-0.4, -0.2) is 61.4 Å². The summed E-state index contributed by atoms with van der Waals surface area (Å²) >= 11 is 0. The first-order valence-electron chi connectivity index (χ1n) is 8.26. The highest BCUT2D eigenvalue weighted by Gasteiger charge is 2.44. The summed E-state index contributed by atoms with van der Waals surface area (Å²) in [5, 5.41) is 0. The van der Waals surface area contributed by atoms with Crippen LogP contribution in [-0.2, 0) is 19.1 Å². The van der Waals surface area contributed by atoms with Crippen molar-refractivity contribution >= 4 is 17.8 Å². The number of nitrogens with zero attached hydrogens (tertiary/aromatic N) is 2. The third-order valence-corrected chi connectivity index (χ3v) is 5.12. The minimum Gasteiger partial charge on any atom is -0.469 e. The van der Waals surface area contributed by atoms with Crippen LogP contribution in [0, 0.1) is 17.7 Å². The van der Waals surface area contributed by atoms with Crippen molar-refractivity contribution in [2.45, 2.75) is 12.3 Å². The molecule has 2 fully saturated rings. The van der Waals surface area contributed by atoms with E-state index < -0.39 is 5.92 Å². The predicted molar refractivity (Wildman–Crippen MR) is 87.0 cm³/mol. The largest absolute Gasteiger partial charge is 0.469 e. The maximum atomic E-state index is 13.2. The molecule has 0 bridgehead atoms. The molecular formula is C18H21FN2O4. The maximum absolute atomic E-state index is 13.2. The molecule has 134 valence electrons. The molecule has 2 amide bonds. The summed E-state index contributed by atoms with van der Waals surface area (Å²) in [4.78, 5) is 39.8. The minimum absolute atomic E-state index is 0.0443. The lowest BCUT2D eigenvalue weighted by Gasteiger charge is -2.20. The molecule has 0 unspecified atom stereocenters. The SMILES string of the molecule is COC(=O)[C@H]1CN(C(=O)[C@@H]2CC(=O)N(C)C2)C[C@@H]1c1ccc(F)cc1. The molecule has 6 nitrogen and oxygen atoms in total. The first kappa shape index (κ1) is 17.4. The number of ether oxygens (including phenoxy) is 1. The molecule has 0 saturated carbocycles. The number of amides is 2. The molecule has 2 heterocycles. The van der Waals surface area contributed by atoms with E-state index in [-0.39, 0.29) is 48.4 Å². The molecule has 1 aromatic rings. The van der Waals surface area contributed by atoms with Crippen LogP contribution < -0.4 is 0 Å². The van der Waals surface area contributed by atoms with Crippen molar-refractivity contribution in [3.63, 3.8) is 0 Å². The topological polar surface area (TPSA) is 66.9 Å². The highest BCUT2D eigenvalue weighted by atomic mass is 19.1. The summed E-state index contributed by atoms with van der Waals surface area (Å²) in [6, 6.07) is 5.96. The summed E-state index contributed by atoms with van der Waals surface area (Å²) in [5.74, 6) is -2.00. The Bertz CT molecular complexity index is 691. The molecule has 0 aliphatic carbocycles. The summed E-state index contributed by atoms with van der Waals surface area (Å²) in [7, 11) is 3.00. The van der Waals surface area contributed by atoms with Crippen molar-refractivity contribution in [3.05, 3.63) is 35.6 Å². The average molecular weight is 348 g/mol. The number of esters is 1. The smallest absolute Gasteiger partial charge is 0.311 e. The van der Waals surface area contributed by atoms with Crippen molar-refractivity contribution in [1.82, 2.24) is 9.80 Å². The van der Waals surface area contributed by atoms with Gasteiger partial charge in [-0.3, -0.25) is 14.4 Å². The van der Waals surface area contributed by atoms with Crippen LogP contribution in [0.4, 0.5) is 4.39 Å². The average Bonchev–Trinajstić information content (AvgIpc) is 3.19. The third-order valence-electron chi connectivity index (χ3n) is 5.12. The van der Waals surface area contributed by atoms with Gasteiger partial charge in [-0.25, -0.2) is 4.39 Å². The quantitative estimate of drug-likeness (QED) is 0.765. The van der Waals surface area contributed by atoms with Gasteiger partial charge in [0, 0.05) is 39.0 Å². The lowest BCUT2D eigenvalue weighted by atomic mass is 9.89. The molecule has 2 saturated heterocycles. The van der Waals surface area contributed by atoms with Gasteiger partial charge in [0.15, 0.2) is 0 Å². The first-order valence-corrected chi connectivity index (χ1v) is 8.26. The fourth-order valence-electron chi connectivity index (χ4n) is 3.71. The number of hydrogen-bond acceptors (Lipinski definition) is 4. The zero-order valence-electron chi connectivity index (χ0n) is 14.3. The van der Waals surface area contributed by atoms with Gasteiger partial charge in [-0.2, -0.15) is 0 Å². The van der Waals surface area contributed by atoms with Gasteiger partial charge in [0.1, 0.15) is 5.82 Å². The maximum Gasteiger partial charge on any atom is 0.311 e. The predicted octanol–water partition coefficient (Wildman–Crippen LogP) is 1.02. The van der Waals surface area contributed by atoms with Crippen molar-refractivity contribution in [3.8, 4) is 0 Å². The number of hydrogen-bond donors (Lipinski definition) is 0. The number of carbonyl (C=O) groups is 3. The zero-order valence-corrected chi connectivity index (χ0v) is 14.3. The second-order valence-corrected chi connectivity index (χ2v) is 6.71. The highest BCUT2D eigenvalue weighted by Crippen LogP contribution is 2.35. The Hall–Kier alpha value is -2.44. The Morgan fingerprint density at radius 1 is 1.16 bits per heavy atom. The van der Waals surface area contributed by atoms with E-state index in [4.69, 9.17) is 4.74 Å². The Morgan fingerprint density at radius 2 is 1.84 bits per heavy atom. The zero-order chi connectivity index (χ0) is 18.1. The van der Waals surface area contributed by atoms with E-state index in [0.29, 0.717) is 13.1 Å². The van der Waals surface area contributed by atoms with Gasteiger partial charge < -0.3 is 14.5 Å². The number of methoxy groups -OCH3 is 1. The van der Waals surface area contributed by atoms with Gasteiger partial charge in [-0.1, -0.05) is 12.1 Å². The third kappa shape index (κ3) is 3.36. The van der Waals surface area contributed by atoms with Crippen LogP contribution in [0.2, 0.25) is 0 Å². The molecule has 0 N–H and O–H groups in total. The van der Waals surface area contributed by atoms with Gasteiger partial charge in [0.05, 0.1) is 18.9 Å². The van der Waals surface area contributed by atoms with Gasteiger partial charge in [0.25, 0.3) is 0 Å². The monoisotopic (exact) mass is 348 g/mol. The van der Waals surface area contributed by atoms with E-state index in [1.807, 2.05) is 0 Å². The van der Waals surface area contributed by atoms with Crippen molar-refractivity contribution < 1.29 is 23.5 Å². The van der Waals surface area contributed by atoms with Gasteiger partial charge in [0.2, 0.25) is 11.8 Å². The highest BCUT2D eigenvalue weighted by molar-refractivity contribution is 5.90. The van der Waals surface area contributed by atoms with Crippen LogP contribution in [0.1, 0.15) is 17.9 Å². The van der Waals surface area contributed by atoms with Crippen molar-refractivity contribution in [1.29, 1.82) is 0 Å². The molecule has 0 aromatic heterocycles. The Kier molecular flexibility index (Phi) is 4.74. The van der Waals surface area contributed by atoms with Gasteiger partial charge >= 0.3 is 5.97 Å². The molecule has 3 rings (SSSR count). The number of rotatable bonds is 3. The van der Waals surface area contributed by atoms with Crippen LogP contribution >= 0.6 is 0 Å². The Morgan fingerprint density at radius 3 is 2.40 bits per heavy atom. The van der Waals surface area contributed by atoms with E-state index in [2.05, 4.69) is 0 Å². The number of carbonyl (C=O) groups excluding carboxylic acids is 3. The van der Waals surface area contributed by atoms with Crippen LogP contribution in [0.5, 0.6) is 0 Å². The van der Waals surface area contributed by atoms with Crippen LogP contribution in [0.3, 0.4) is 0 Å².